The lowest BCUT2D eigenvalue weighted by atomic mass is 10.0. The third-order valence-electron chi connectivity index (χ3n) is 1.48. The van der Waals surface area contributed by atoms with Crippen molar-refractivity contribution in [3.05, 3.63) is 4.91 Å². The minimum Gasteiger partial charge on any atom is -0.354 e. The molecule has 1 unspecified atom stereocenters. The lowest BCUT2D eigenvalue weighted by Gasteiger charge is -2.10. The van der Waals surface area contributed by atoms with Gasteiger partial charge in [0.1, 0.15) is 0 Å². The maximum Gasteiger partial charge on any atom is 0.248 e. The molecule has 4 nitrogen and oxygen atoms in total. The van der Waals surface area contributed by atoms with Crippen molar-refractivity contribution >= 4 is 5.91 Å². The number of hydrogen-bond acceptors (Lipinski definition) is 3. The van der Waals surface area contributed by atoms with Crippen LogP contribution in [0.4, 0.5) is 0 Å². The third-order valence-corrected chi connectivity index (χ3v) is 1.48. The highest BCUT2D eigenvalue weighted by molar-refractivity contribution is 5.81. The molecule has 0 radical (unpaired) electrons. The van der Waals surface area contributed by atoms with Gasteiger partial charge in [-0.3, -0.25) is 4.79 Å². The van der Waals surface area contributed by atoms with Crippen molar-refractivity contribution in [3.8, 4) is 0 Å². The van der Waals surface area contributed by atoms with Gasteiger partial charge in [0.05, 0.1) is 0 Å². The second-order valence-corrected chi connectivity index (χ2v) is 3.15. The lowest BCUT2D eigenvalue weighted by Crippen LogP contribution is -2.33. The molecule has 12 heavy (non-hydrogen) atoms. The van der Waals surface area contributed by atoms with Gasteiger partial charge in [-0.05, 0) is 19.3 Å². The summed E-state index contributed by atoms with van der Waals surface area (Å²) in [6, 6.07) is -0.718. The van der Waals surface area contributed by atoms with Crippen molar-refractivity contribution in [1.82, 2.24) is 5.32 Å². The van der Waals surface area contributed by atoms with Crippen molar-refractivity contribution < 1.29 is 4.79 Å². The van der Waals surface area contributed by atoms with Crippen LogP contribution < -0.4 is 5.32 Å². The molecule has 0 aliphatic rings. The van der Waals surface area contributed by atoms with Crippen LogP contribution in [0.5, 0.6) is 0 Å². The van der Waals surface area contributed by atoms with Crippen molar-refractivity contribution in [2.24, 2.45) is 11.1 Å². The van der Waals surface area contributed by atoms with Crippen molar-refractivity contribution in [3.63, 3.8) is 0 Å². The second-order valence-electron chi connectivity index (χ2n) is 3.15. The van der Waals surface area contributed by atoms with Crippen LogP contribution in [0.3, 0.4) is 0 Å². The van der Waals surface area contributed by atoms with Crippen LogP contribution in [0.25, 0.3) is 0 Å². The number of carbonyl (C=O) groups excluding carboxylic acids is 1. The third kappa shape index (κ3) is 4.05. The van der Waals surface area contributed by atoms with Gasteiger partial charge >= 0.3 is 0 Å². The summed E-state index contributed by atoms with van der Waals surface area (Å²) in [4.78, 5) is 21.4. The van der Waals surface area contributed by atoms with Gasteiger partial charge in [-0.15, -0.1) is 4.91 Å². The molecule has 0 bridgehead atoms. The molecule has 70 valence electrons. The number of hydrogen-bond donors (Lipinski definition) is 1. The Morgan fingerprint density at radius 2 is 2.08 bits per heavy atom. The monoisotopic (exact) mass is 172 g/mol. The van der Waals surface area contributed by atoms with Crippen LogP contribution in [0.2, 0.25) is 0 Å². The van der Waals surface area contributed by atoms with Crippen LogP contribution in [0.1, 0.15) is 27.2 Å². The Kier molecular flexibility index (Phi) is 5.25. The van der Waals surface area contributed by atoms with Gasteiger partial charge in [-0.2, -0.15) is 0 Å². The Morgan fingerprint density at radius 3 is 2.42 bits per heavy atom. The molecule has 1 atom stereocenters. The smallest absolute Gasteiger partial charge is 0.248 e. The summed E-state index contributed by atoms with van der Waals surface area (Å²) in [5, 5.41) is 5.35. The Balaban J connectivity index is 3.96. The van der Waals surface area contributed by atoms with E-state index in [4.69, 9.17) is 0 Å². The Hall–Kier alpha value is -0.930. The number of rotatable bonds is 5. The zero-order valence-corrected chi connectivity index (χ0v) is 7.83. The fourth-order valence-electron chi connectivity index (χ4n) is 0.937. The first kappa shape index (κ1) is 11.1. The number of likely N-dealkylation sites (N-methyl/N-ethyl adjacent to an activating group) is 1. The van der Waals surface area contributed by atoms with E-state index in [1.54, 1.807) is 0 Å². The van der Waals surface area contributed by atoms with Crippen LogP contribution >= 0.6 is 0 Å². The highest BCUT2D eigenvalue weighted by Crippen LogP contribution is 2.07. The standard InChI is InChI=1S/C8H16N2O2/c1-4-9-8(11)7(10-12)5-6(2)3/h6-7H,4-5H2,1-3H3,(H,9,11). The summed E-state index contributed by atoms with van der Waals surface area (Å²) in [7, 11) is 0. The average Bonchev–Trinajstić information content (AvgIpc) is 2.00. The first-order valence-electron chi connectivity index (χ1n) is 4.22. The molecule has 0 saturated heterocycles. The minimum atomic E-state index is -0.718. The summed E-state index contributed by atoms with van der Waals surface area (Å²) in [5.41, 5.74) is 0. The van der Waals surface area contributed by atoms with E-state index in [0.717, 1.165) is 0 Å². The molecule has 0 aliphatic carbocycles. The molecule has 0 aromatic heterocycles. The molecular formula is C8H16N2O2. The van der Waals surface area contributed by atoms with E-state index in [1.165, 1.54) is 0 Å². The van der Waals surface area contributed by atoms with Crippen LogP contribution in [0.15, 0.2) is 5.18 Å². The average molecular weight is 172 g/mol. The summed E-state index contributed by atoms with van der Waals surface area (Å²) < 4.78 is 0. The van der Waals surface area contributed by atoms with Crippen LogP contribution in [0, 0.1) is 10.8 Å². The van der Waals surface area contributed by atoms with Crippen LogP contribution in [-0.4, -0.2) is 18.5 Å². The molecule has 1 N–H and O–H groups in total. The lowest BCUT2D eigenvalue weighted by molar-refractivity contribution is -0.122. The first-order valence-corrected chi connectivity index (χ1v) is 4.22. The normalized spacial score (nSPS) is 12.7. The number of carbonyl (C=O) groups is 1. The van der Waals surface area contributed by atoms with E-state index < -0.39 is 6.04 Å². The van der Waals surface area contributed by atoms with Gasteiger partial charge in [0, 0.05) is 6.54 Å². The Morgan fingerprint density at radius 1 is 1.50 bits per heavy atom. The highest BCUT2D eigenvalue weighted by Gasteiger charge is 2.19. The molecule has 0 spiro atoms. The summed E-state index contributed by atoms with van der Waals surface area (Å²) >= 11 is 0. The maximum absolute atomic E-state index is 11.1. The van der Waals surface area contributed by atoms with E-state index in [9.17, 15) is 9.70 Å². The Labute approximate surface area is 72.7 Å². The van der Waals surface area contributed by atoms with Crippen molar-refractivity contribution in [2.45, 2.75) is 33.2 Å². The van der Waals surface area contributed by atoms with E-state index in [0.29, 0.717) is 18.9 Å². The summed E-state index contributed by atoms with van der Waals surface area (Å²) in [6.07, 6.45) is 0.523. The van der Waals surface area contributed by atoms with Gasteiger partial charge in [-0.1, -0.05) is 19.0 Å². The minimum absolute atomic E-state index is 0.263. The van der Waals surface area contributed by atoms with Gasteiger partial charge in [0.2, 0.25) is 5.91 Å². The largest absolute Gasteiger partial charge is 0.354 e. The fraction of sp³-hybridized carbons (Fsp3) is 0.875. The zero-order chi connectivity index (χ0) is 9.56. The second kappa shape index (κ2) is 5.69. The topological polar surface area (TPSA) is 58.5 Å². The van der Waals surface area contributed by atoms with Crippen LogP contribution in [-0.2, 0) is 4.79 Å². The molecule has 0 aromatic rings. The predicted octanol–water partition coefficient (Wildman–Crippen LogP) is 1.30. The van der Waals surface area contributed by atoms with Crippen molar-refractivity contribution in [2.75, 3.05) is 6.54 Å². The maximum atomic E-state index is 11.1. The van der Waals surface area contributed by atoms with E-state index >= 15 is 0 Å². The SMILES string of the molecule is CCNC(=O)C(CC(C)C)N=O. The van der Waals surface area contributed by atoms with Gasteiger partial charge in [0.25, 0.3) is 0 Å². The number of nitroso groups, excluding NO2 is 1. The van der Waals surface area contributed by atoms with Gasteiger partial charge in [0.15, 0.2) is 6.04 Å². The molecule has 0 aliphatic heterocycles. The predicted molar refractivity (Wildman–Crippen MR) is 47.7 cm³/mol. The molecular weight excluding hydrogens is 156 g/mol. The number of amides is 1. The van der Waals surface area contributed by atoms with E-state index in [-0.39, 0.29) is 5.91 Å². The molecule has 1 amide bonds. The quantitative estimate of drug-likeness (QED) is 0.635. The molecule has 0 saturated carbocycles. The Bertz CT molecular complexity index is 157. The number of nitrogens with one attached hydrogen (secondary N) is 1. The summed E-state index contributed by atoms with van der Waals surface area (Å²) in [6.45, 7) is 6.27. The van der Waals surface area contributed by atoms with E-state index in [2.05, 4.69) is 10.5 Å². The van der Waals surface area contributed by atoms with Gasteiger partial charge in [-0.25, -0.2) is 0 Å². The summed E-state index contributed by atoms with van der Waals surface area (Å²) in [5.74, 6) is 0.0523. The molecule has 0 rings (SSSR count). The molecule has 0 heterocycles. The van der Waals surface area contributed by atoms with Gasteiger partial charge < -0.3 is 5.32 Å². The highest BCUT2D eigenvalue weighted by atomic mass is 16.3. The molecule has 0 fully saturated rings. The first-order chi connectivity index (χ1) is 5.61. The molecule has 0 aromatic carbocycles. The van der Waals surface area contributed by atoms with Crippen molar-refractivity contribution in [1.29, 1.82) is 0 Å². The molecule has 4 heteroatoms. The van der Waals surface area contributed by atoms with E-state index in [1.807, 2.05) is 20.8 Å². The number of nitrogens with zero attached hydrogens (tertiary/aromatic N) is 1. The fourth-order valence-corrected chi connectivity index (χ4v) is 0.937. The zero-order valence-electron chi connectivity index (χ0n) is 7.83.